The quantitative estimate of drug-likeness (QED) is 0.249. The Morgan fingerprint density at radius 1 is 0.919 bits per heavy atom. The summed E-state index contributed by atoms with van der Waals surface area (Å²) in [5.41, 5.74) is 0.353. The number of ether oxygens (including phenoxy) is 3. The number of halogens is 2. The Hall–Kier alpha value is -4.40. The lowest BCUT2D eigenvalue weighted by Gasteiger charge is -2.26. The van der Waals surface area contributed by atoms with E-state index in [9.17, 15) is 23.5 Å². The van der Waals surface area contributed by atoms with E-state index in [0.717, 1.165) is 17.0 Å². The highest BCUT2D eigenvalue weighted by atomic mass is 19.2. The number of benzene rings is 3. The number of anilines is 1. The molecule has 0 radical (unpaired) electrons. The number of aliphatic hydroxyl groups excluding tert-OH is 1. The van der Waals surface area contributed by atoms with E-state index in [-0.39, 0.29) is 16.8 Å². The van der Waals surface area contributed by atoms with E-state index in [1.807, 2.05) is 0 Å². The maximum atomic E-state index is 14.2. The van der Waals surface area contributed by atoms with Crippen molar-refractivity contribution >= 4 is 23.1 Å². The number of methoxy groups -OCH3 is 1. The van der Waals surface area contributed by atoms with Gasteiger partial charge in [0, 0.05) is 17.3 Å². The molecule has 0 aromatic heterocycles. The molecule has 1 saturated heterocycles. The first-order chi connectivity index (χ1) is 17.8. The zero-order valence-electron chi connectivity index (χ0n) is 20.5. The molecule has 3 aromatic rings. The van der Waals surface area contributed by atoms with Crippen molar-refractivity contribution in [3.63, 3.8) is 0 Å². The summed E-state index contributed by atoms with van der Waals surface area (Å²) in [7, 11) is 1.47. The normalized spacial score (nSPS) is 16.7. The maximum Gasteiger partial charge on any atom is 0.300 e. The number of aliphatic hydroxyl groups is 1. The Morgan fingerprint density at radius 3 is 2.35 bits per heavy atom. The fourth-order valence-electron chi connectivity index (χ4n) is 4.24. The number of carbonyl (C=O) groups excluding carboxylic acids is 2. The summed E-state index contributed by atoms with van der Waals surface area (Å²) in [5, 5.41) is 11.3. The summed E-state index contributed by atoms with van der Waals surface area (Å²) in [6.45, 7) is 4.29. The molecule has 7 nitrogen and oxygen atoms in total. The first-order valence-corrected chi connectivity index (χ1v) is 11.6. The Labute approximate surface area is 212 Å². The number of ketones is 1. The lowest BCUT2D eigenvalue weighted by atomic mass is 9.94. The second kappa shape index (κ2) is 10.7. The number of Topliss-reactive ketones (excluding diaryl/α,β-unsaturated/α-hetero) is 1. The standard InChI is InChI=1S/C28H25F2NO6/c1-4-36-19-8-6-7-17(13-19)26(32)24-25(16-9-12-22(35-3)23(14-16)37-5-2)31(28(34)27(24)33)18-10-11-20(29)21(30)15-18/h6-15,25,32H,4-5H2,1-3H3/b26-24+. The van der Waals surface area contributed by atoms with Crippen molar-refractivity contribution in [3.05, 3.63) is 89.0 Å². The number of hydrogen-bond donors (Lipinski definition) is 1. The van der Waals surface area contributed by atoms with Crippen molar-refractivity contribution in [3.8, 4) is 17.2 Å². The molecular weight excluding hydrogens is 484 g/mol. The van der Waals surface area contributed by atoms with Gasteiger partial charge in [-0.25, -0.2) is 8.78 Å². The van der Waals surface area contributed by atoms with Gasteiger partial charge in [-0.1, -0.05) is 18.2 Å². The fraction of sp³-hybridized carbons (Fsp3) is 0.214. The average Bonchev–Trinajstić information content (AvgIpc) is 3.16. The second-order valence-electron chi connectivity index (χ2n) is 8.07. The third kappa shape index (κ3) is 4.84. The topological polar surface area (TPSA) is 85.3 Å². The van der Waals surface area contributed by atoms with Crippen LogP contribution in [0.4, 0.5) is 14.5 Å². The molecule has 1 fully saturated rings. The van der Waals surface area contributed by atoms with Gasteiger partial charge in [0.05, 0.1) is 31.9 Å². The van der Waals surface area contributed by atoms with Gasteiger partial charge in [0.1, 0.15) is 11.5 Å². The molecule has 0 spiro atoms. The number of nitrogens with zero attached hydrogens (tertiary/aromatic N) is 1. The van der Waals surface area contributed by atoms with Crippen molar-refractivity contribution in [1.29, 1.82) is 0 Å². The summed E-state index contributed by atoms with van der Waals surface area (Å²) >= 11 is 0. The van der Waals surface area contributed by atoms with Gasteiger partial charge in [-0.15, -0.1) is 0 Å². The van der Waals surface area contributed by atoms with Gasteiger partial charge < -0.3 is 19.3 Å². The summed E-state index contributed by atoms with van der Waals surface area (Å²) < 4.78 is 44.4. The molecule has 1 N–H and O–H groups in total. The van der Waals surface area contributed by atoms with Crippen LogP contribution in [0.2, 0.25) is 0 Å². The molecule has 1 aliphatic rings. The van der Waals surface area contributed by atoms with Crippen LogP contribution in [-0.4, -0.2) is 37.1 Å². The summed E-state index contributed by atoms with van der Waals surface area (Å²) in [4.78, 5) is 27.6. The molecule has 0 saturated carbocycles. The fourth-order valence-corrected chi connectivity index (χ4v) is 4.24. The molecular formula is C28H25F2NO6. The van der Waals surface area contributed by atoms with E-state index in [2.05, 4.69) is 0 Å². The zero-order chi connectivity index (χ0) is 26.7. The van der Waals surface area contributed by atoms with Crippen LogP contribution in [0.1, 0.15) is 31.0 Å². The zero-order valence-corrected chi connectivity index (χ0v) is 20.5. The molecule has 4 rings (SSSR count). The first-order valence-electron chi connectivity index (χ1n) is 11.6. The van der Waals surface area contributed by atoms with Gasteiger partial charge in [0.15, 0.2) is 23.1 Å². The molecule has 1 unspecified atom stereocenters. The molecule has 0 aliphatic carbocycles. The largest absolute Gasteiger partial charge is 0.507 e. The Bertz CT molecular complexity index is 1390. The van der Waals surface area contributed by atoms with Crippen molar-refractivity contribution < 1.29 is 37.7 Å². The van der Waals surface area contributed by atoms with Crippen LogP contribution in [0.3, 0.4) is 0 Å². The minimum absolute atomic E-state index is 0.0538. The highest BCUT2D eigenvalue weighted by Crippen LogP contribution is 2.44. The van der Waals surface area contributed by atoms with Crippen molar-refractivity contribution in [1.82, 2.24) is 0 Å². The van der Waals surface area contributed by atoms with Crippen molar-refractivity contribution in [2.45, 2.75) is 19.9 Å². The molecule has 1 aliphatic heterocycles. The summed E-state index contributed by atoms with van der Waals surface area (Å²) in [6.07, 6.45) is 0. The summed E-state index contributed by atoms with van der Waals surface area (Å²) in [5.74, 6) is -3.50. The molecule has 1 amide bonds. The van der Waals surface area contributed by atoms with Gasteiger partial charge in [-0.2, -0.15) is 0 Å². The van der Waals surface area contributed by atoms with E-state index in [4.69, 9.17) is 14.2 Å². The Kier molecular flexibility index (Phi) is 7.42. The first kappa shape index (κ1) is 25.7. The molecule has 1 atom stereocenters. The third-order valence-electron chi connectivity index (χ3n) is 5.85. The number of hydrogen-bond acceptors (Lipinski definition) is 6. The van der Waals surface area contributed by atoms with Gasteiger partial charge in [0.25, 0.3) is 11.7 Å². The highest BCUT2D eigenvalue weighted by Gasteiger charge is 2.47. The van der Waals surface area contributed by atoms with Gasteiger partial charge >= 0.3 is 0 Å². The number of carbonyl (C=O) groups is 2. The summed E-state index contributed by atoms with van der Waals surface area (Å²) in [6, 6.07) is 12.9. The van der Waals surface area contributed by atoms with E-state index >= 15 is 0 Å². The van der Waals surface area contributed by atoms with Crippen LogP contribution in [0.5, 0.6) is 17.2 Å². The minimum Gasteiger partial charge on any atom is -0.507 e. The SMILES string of the molecule is CCOc1cccc(/C(O)=C2\C(=O)C(=O)N(c3ccc(F)c(F)c3)C2c2ccc(OC)c(OCC)c2)c1. The average molecular weight is 510 g/mol. The van der Waals surface area contributed by atoms with Crippen LogP contribution in [0.25, 0.3) is 5.76 Å². The van der Waals surface area contributed by atoms with Crippen LogP contribution in [-0.2, 0) is 9.59 Å². The van der Waals surface area contributed by atoms with Crippen LogP contribution < -0.4 is 19.1 Å². The molecule has 1 heterocycles. The van der Waals surface area contributed by atoms with E-state index in [0.29, 0.717) is 36.0 Å². The second-order valence-corrected chi connectivity index (χ2v) is 8.07. The van der Waals surface area contributed by atoms with E-state index in [1.165, 1.54) is 13.2 Å². The molecule has 3 aromatic carbocycles. The highest BCUT2D eigenvalue weighted by molar-refractivity contribution is 6.51. The predicted molar refractivity (Wildman–Crippen MR) is 133 cm³/mol. The molecule has 0 bridgehead atoms. The van der Waals surface area contributed by atoms with Crippen molar-refractivity contribution in [2.24, 2.45) is 0 Å². The Morgan fingerprint density at radius 2 is 1.68 bits per heavy atom. The third-order valence-corrected chi connectivity index (χ3v) is 5.85. The molecule has 192 valence electrons. The van der Waals surface area contributed by atoms with Gasteiger partial charge in [-0.05, 0) is 55.8 Å². The Balaban J connectivity index is 1.96. The number of rotatable bonds is 8. The van der Waals surface area contributed by atoms with Crippen LogP contribution in [0.15, 0.2) is 66.2 Å². The lowest BCUT2D eigenvalue weighted by Crippen LogP contribution is -2.29. The minimum atomic E-state index is -1.19. The monoisotopic (exact) mass is 509 g/mol. The van der Waals surface area contributed by atoms with Gasteiger partial charge in [-0.3, -0.25) is 14.5 Å². The smallest absolute Gasteiger partial charge is 0.300 e. The lowest BCUT2D eigenvalue weighted by molar-refractivity contribution is -0.132. The van der Waals surface area contributed by atoms with E-state index < -0.39 is 35.1 Å². The van der Waals surface area contributed by atoms with Crippen LogP contribution >= 0.6 is 0 Å². The molecule has 9 heteroatoms. The van der Waals surface area contributed by atoms with Gasteiger partial charge in [0.2, 0.25) is 0 Å². The van der Waals surface area contributed by atoms with E-state index in [1.54, 1.807) is 56.3 Å². The predicted octanol–water partition coefficient (Wildman–Crippen LogP) is 5.40. The number of amides is 1. The maximum absolute atomic E-state index is 14.2. The van der Waals surface area contributed by atoms with Crippen molar-refractivity contribution in [2.75, 3.05) is 25.2 Å². The molecule has 37 heavy (non-hydrogen) atoms. The van der Waals surface area contributed by atoms with Crippen LogP contribution in [0, 0.1) is 11.6 Å².